The molecule has 0 atom stereocenters. The van der Waals surface area contributed by atoms with Gasteiger partial charge in [0.15, 0.2) is 0 Å². The van der Waals surface area contributed by atoms with Gasteiger partial charge in [0.1, 0.15) is 54.9 Å². The van der Waals surface area contributed by atoms with E-state index >= 15 is 0 Å². The van der Waals surface area contributed by atoms with Crippen molar-refractivity contribution in [2.75, 3.05) is 0 Å². The minimum atomic E-state index is 1.27. The maximum Gasteiger partial charge on any atom is 0.140 e. The van der Waals surface area contributed by atoms with Gasteiger partial charge in [-0.2, -0.15) is 0 Å². The largest absolute Gasteiger partial charge is 0.140 e. The maximum absolute atomic E-state index is 2.42. The Morgan fingerprint density at radius 1 is 0.298 bits per heavy atom. The summed E-state index contributed by atoms with van der Waals surface area (Å²) in [4.78, 5) is 0. The Kier molecular flexibility index (Phi) is 7.06. The highest BCUT2D eigenvalue weighted by molar-refractivity contribution is 6.69. The second-order valence-corrected chi connectivity index (χ2v) is 13.5. The van der Waals surface area contributed by atoms with E-state index in [4.69, 9.17) is 0 Å². The SMILES string of the molecule is Bc1c(B)c(B)c2c(-c3cccc4ccccc34)c3c(B)c(B)c(-c4ccccc4)c(B)c3c(-c3ccc4ccccc4c3)c2c1B. The van der Waals surface area contributed by atoms with Crippen LogP contribution in [0.3, 0.4) is 0 Å². The van der Waals surface area contributed by atoms with E-state index < -0.39 is 0 Å². The second-order valence-electron chi connectivity index (χ2n) is 13.5. The van der Waals surface area contributed by atoms with E-state index in [0.717, 1.165) is 0 Å². The van der Waals surface area contributed by atoms with E-state index in [0.29, 0.717) is 0 Å². The molecule has 0 spiro atoms. The molecule has 0 bridgehead atoms. The molecule has 0 saturated heterocycles. The summed E-state index contributed by atoms with van der Waals surface area (Å²) in [5.41, 5.74) is 17.5. The lowest BCUT2D eigenvalue weighted by atomic mass is 9.60. The number of hydrogen-bond donors (Lipinski definition) is 0. The summed E-state index contributed by atoms with van der Waals surface area (Å²) < 4.78 is 0. The van der Waals surface area contributed by atoms with E-state index in [1.165, 1.54) is 115 Å². The molecule has 0 aliphatic carbocycles. The van der Waals surface area contributed by atoms with Crippen LogP contribution in [0.15, 0.2) is 115 Å². The lowest BCUT2D eigenvalue weighted by Gasteiger charge is -2.29. The highest BCUT2D eigenvalue weighted by atomic mass is 14.3. The minimum Gasteiger partial charge on any atom is -0.101 e. The molecule has 0 N–H and O–H groups in total. The predicted molar refractivity (Wildman–Crippen MR) is 230 cm³/mol. The van der Waals surface area contributed by atoms with E-state index in [1.54, 1.807) is 0 Å². The minimum absolute atomic E-state index is 1.27. The molecule has 0 saturated carbocycles. The smallest absolute Gasteiger partial charge is 0.101 e. The summed E-state index contributed by atoms with van der Waals surface area (Å²) in [6.45, 7) is 0. The molecule has 8 rings (SSSR count). The fourth-order valence-corrected chi connectivity index (χ4v) is 8.35. The van der Waals surface area contributed by atoms with Crippen LogP contribution in [0, 0.1) is 0 Å². The van der Waals surface area contributed by atoms with Crippen LogP contribution in [0.4, 0.5) is 0 Å². The van der Waals surface area contributed by atoms with Crippen LogP contribution in [-0.2, 0) is 0 Å². The molecule has 8 aromatic rings. The van der Waals surface area contributed by atoms with E-state index in [1.807, 2.05) is 0 Å². The van der Waals surface area contributed by atoms with Gasteiger partial charge in [-0.1, -0.05) is 137 Å². The van der Waals surface area contributed by atoms with Gasteiger partial charge < -0.3 is 0 Å². The first-order chi connectivity index (χ1) is 22.8. The summed E-state index contributed by atoms with van der Waals surface area (Å²) in [6, 6.07) is 42.5. The molecule has 0 radical (unpaired) electrons. The molecule has 0 aliphatic rings. The van der Waals surface area contributed by atoms with Crippen LogP contribution in [-0.4, -0.2) is 54.9 Å². The maximum atomic E-state index is 2.42. The molecule has 0 amide bonds. The number of hydrogen-bond acceptors (Lipinski definition) is 0. The zero-order valence-electron chi connectivity index (χ0n) is 28.5. The summed E-state index contributed by atoms with van der Waals surface area (Å²) >= 11 is 0. The Bertz CT molecular complexity index is 2590. The summed E-state index contributed by atoms with van der Waals surface area (Å²) in [6.07, 6.45) is 0. The van der Waals surface area contributed by atoms with Gasteiger partial charge in [0.05, 0.1) is 0 Å². The van der Waals surface area contributed by atoms with Gasteiger partial charge in [-0.3, -0.25) is 0 Å². The van der Waals surface area contributed by atoms with Crippen molar-refractivity contribution in [3.63, 3.8) is 0 Å². The van der Waals surface area contributed by atoms with Crippen molar-refractivity contribution in [1.82, 2.24) is 0 Å². The fraction of sp³-hybridized carbons (Fsp3) is 0. The Morgan fingerprint density at radius 3 is 1.53 bits per heavy atom. The van der Waals surface area contributed by atoms with Crippen molar-refractivity contribution >= 4 is 136 Å². The Labute approximate surface area is 283 Å². The molecule has 8 aromatic carbocycles. The van der Waals surface area contributed by atoms with Gasteiger partial charge in [0.25, 0.3) is 0 Å². The lowest BCUT2D eigenvalue weighted by Crippen LogP contribution is -2.48. The molecule has 214 valence electrons. The standard InChI is InChI=1S/C40H33B7/c41-34-28(22-11-2-1-3-12-22)35(42)36(43)32-29(26-16-8-14-21-10-6-7-15-25(21)26)33-31(37(44)39(46)40(47)38(33)45)27(30(32)34)24-18-17-20-9-4-5-13-23(20)19-24/h1-19H,41-47H2. The highest BCUT2D eigenvalue weighted by Crippen LogP contribution is 2.43. The average Bonchev–Trinajstić information content (AvgIpc) is 3.11. The normalized spacial score (nSPS) is 11.6. The first-order valence-electron chi connectivity index (χ1n) is 16.8. The zero-order valence-corrected chi connectivity index (χ0v) is 28.5. The monoisotopic (exact) mass is 590 g/mol. The molecular weight excluding hydrogens is 556 g/mol. The van der Waals surface area contributed by atoms with Crippen LogP contribution in [0.1, 0.15) is 0 Å². The third-order valence-corrected chi connectivity index (χ3v) is 11.2. The third-order valence-electron chi connectivity index (χ3n) is 11.2. The Hall–Kier alpha value is -4.75. The number of rotatable bonds is 3. The van der Waals surface area contributed by atoms with Gasteiger partial charge in [0, 0.05) is 0 Å². The van der Waals surface area contributed by atoms with Crippen molar-refractivity contribution in [2.24, 2.45) is 0 Å². The van der Waals surface area contributed by atoms with Crippen LogP contribution in [0.5, 0.6) is 0 Å². The first kappa shape index (κ1) is 29.6. The van der Waals surface area contributed by atoms with Crippen molar-refractivity contribution in [2.45, 2.75) is 0 Å². The number of benzene rings is 8. The van der Waals surface area contributed by atoms with E-state index in [9.17, 15) is 0 Å². The summed E-state index contributed by atoms with van der Waals surface area (Å²) in [5.74, 6) is 0. The van der Waals surface area contributed by atoms with Gasteiger partial charge in [-0.05, 0) is 82.5 Å². The quantitative estimate of drug-likeness (QED) is 0.186. The number of fused-ring (bicyclic) bond motifs is 4. The summed E-state index contributed by atoms with van der Waals surface area (Å²) in [7, 11) is 16.4. The molecule has 0 aromatic heterocycles. The molecular formula is C40H33B7. The molecule has 0 fully saturated rings. The lowest BCUT2D eigenvalue weighted by molar-refractivity contribution is 1.68. The second kappa shape index (κ2) is 11.2. The van der Waals surface area contributed by atoms with Crippen molar-refractivity contribution in [3.8, 4) is 33.4 Å². The summed E-state index contributed by atoms with van der Waals surface area (Å²) in [5, 5.41) is 10.6. The Morgan fingerprint density at radius 2 is 0.830 bits per heavy atom. The van der Waals surface area contributed by atoms with Crippen LogP contribution in [0.25, 0.3) is 76.5 Å². The molecule has 0 unspecified atom stereocenters. The fourth-order valence-electron chi connectivity index (χ4n) is 8.35. The van der Waals surface area contributed by atoms with E-state index in [2.05, 4.69) is 170 Å². The van der Waals surface area contributed by atoms with Crippen LogP contribution in [0.2, 0.25) is 0 Å². The molecule has 7 heteroatoms. The van der Waals surface area contributed by atoms with Crippen LogP contribution < -0.4 is 38.2 Å². The van der Waals surface area contributed by atoms with Crippen molar-refractivity contribution < 1.29 is 0 Å². The van der Waals surface area contributed by atoms with E-state index in [-0.39, 0.29) is 0 Å². The topological polar surface area (TPSA) is 0 Å². The Balaban J connectivity index is 1.72. The molecule has 0 aliphatic heterocycles. The molecule has 0 heterocycles. The van der Waals surface area contributed by atoms with Gasteiger partial charge in [-0.25, -0.2) is 0 Å². The van der Waals surface area contributed by atoms with Gasteiger partial charge >= 0.3 is 0 Å². The van der Waals surface area contributed by atoms with Crippen molar-refractivity contribution in [3.05, 3.63) is 115 Å². The average molecular weight is 589 g/mol. The molecule has 47 heavy (non-hydrogen) atoms. The third kappa shape index (κ3) is 4.40. The predicted octanol–water partition coefficient (Wildman–Crippen LogP) is -0.891. The zero-order chi connectivity index (χ0) is 32.6. The first-order valence-corrected chi connectivity index (χ1v) is 16.8. The highest BCUT2D eigenvalue weighted by Gasteiger charge is 2.26. The molecule has 0 nitrogen and oxygen atoms in total. The van der Waals surface area contributed by atoms with Crippen LogP contribution >= 0.6 is 0 Å². The van der Waals surface area contributed by atoms with Gasteiger partial charge in [0.2, 0.25) is 0 Å². The van der Waals surface area contributed by atoms with Gasteiger partial charge in [-0.15, -0.1) is 10.9 Å². The van der Waals surface area contributed by atoms with Crippen molar-refractivity contribution in [1.29, 1.82) is 0 Å².